The van der Waals surface area contributed by atoms with Crippen LogP contribution in [0.25, 0.3) is 10.9 Å². The third kappa shape index (κ3) is 1.89. The molecule has 0 unspecified atom stereocenters. The van der Waals surface area contributed by atoms with Crippen molar-refractivity contribution in [3.8, 4) is 0 Å². The summed E-state index contributed by atoms with van der Waals surface area (Å²) in [6.07, 6.45) is 3.40. The molecule has 0 fully saturated rings. The van der Waals surface area contributed by atoms with Crippen LogP contribution >= 0.6 is 0 Å². The lowest BCUT2D eigenvalue weighted by atomic mass is 9.85. The van der Waals surface area contributed by atoms with Crippen molar-refractivity contribution < 1.29 is 0 Å². The lowest BCUT2D eigenvalue weighted by Crippen LogP contribution is -2.11. The predicted molar refractivity (Wildman–Crippen MR) is 74.0 cm³/mol. The molecular weight excluding hydrogens is 193 g/mol. The fourth-order valence-electron chi connectivity index (χ4n) is 2.31. The molecule has 84 valence electrons. The van der Waals surface area contributed by atoms with Crippen molar-refractivity contribution in [2.75, 3.05) is 0 Å². The van der Waals surface area contributed by atoms with Gasteiger partial charge in [-0.15, -0.1) is 0 Å². The molecule has 0 spiro atoms. The van der Waals surface area contributed by atoms with Crippen molar-refractivity contribution in [1.29, 1.82) is 0 Å². The number of fused-ring (bicyclic) bond motifs is 1. The normalized spacial score (nSPS) is 12.2. The van der Waals surface area contributed by atoms with E-state index < -0.39 is 0 Å². The molecule has 2 aromatic rings. The Bertz CT molecular complexity index is 491. The molecule has 0 aliphatic carbocycles. The molecule has 1 aromatic heterocycles. The highest BCUT2D eigenvalue weighted by Gasteiger charge is 2.17. The highest BCUT2D eigenvalue weighted by Crippen LogP contribution is 2.30. The first-order valence-corrected chi connectivity index (χ1v) is 6.12. The van der Waals surface area contributed by atoms with Crippen LogP contribution < -0.4 is 0 Å². The number of nitrogens with zero attached hydrogens (tertiary/aromatic N) is 1. The van der Waals surface area contributed by atoms with Crippen LogP contribution in [-0.2, 0) is 12.0 Å². The molecule has 0 amide bonds. The van der Waals surface area contributed by atoms with Gasteiger partial charge in [0.2, 0.25) is 0 Å². The highest BCUT2D eigenvalue weighted by atomic mass is 14.9. The molecule has 1 heterocycles. The minimum absolute atomic E-state index is 0.220. The van der Waals surface area contributed by atoms with Gasteiger partial charge in [-0.2, -0.15) is 0 Å². The van der Waals surface area contributed by atoms with Gasteiger partial charge in [0.25, 0.3) is 0 Å². The Labute approximate surface area is 98.9 Å². The fourth-order valence-corrected chi connectivity index (χ4v) is 2.31. The zero-order chi connectivity index (χ0) is 11.8. The quantitative estimate of drug-likeness (QED) is 0.676. The summed E-state index contributed by atoms with van der Waals surface area (Å²) in [4.78, 5) is 0. The summed E-state index contributed by atoms with van der Waals surface area (Å²) in [7, 11) is 2.22. The van der Waals surface area contributed by atoms with Gasteiger partial charge in [-0.1, -0.05) is 39.2 Å². The first-order chi connectivity index (χ1) is 7.54. The van der Waals surface area contributed by atoms with E-state index in [1.165, 1.54) is 22.8 Å². The van der Waals surface area contributed by atoms with E-state index in [1.54, 1.807) is 0 Å². The van der Waals surface area contributed by atoms with Crippen LogP contribution in [0.5, 0.6) is 0 Å². The summed E-state index contributed by atoms with van der Waals surface area (Å²) in [5.74, 6) is 0. The van der Waals surface area contributed by atoms with E-state index in [4.69, 9.17) is 0 Å². The molecule has 0 saturated carbocycles. The molecule has 1 nitrogen and oxygen atoms in total. The smallest absolute Gasteiger partial charge is 0.103 e. The molecule has 0 atom stereocenters. The molecule has 16 heavy (non-hydrogen) atoms. The van der Waals surface area contributed by atoms with E-state index in [0.29, 0.717) is 0 Å². The zero-order valence-corrected chi connectivity index (χ0v) is 10.7. The maximum Gasteiger partial charge on any atom is 0.103 e. The molecule has 0 bridgehead atoms. The van der Waals surface area contributed by atoms with Crippen molar-refractivity contribution >= 4 is 18.7 Å². The van der Waals surface area contributed by atoms with Gasteiger partial charge < -0.3 is 4.57 Å². The number of benzene rings is 1. The second kappa shape index (κ2) is 4.01. The van der Waals surface area contributed by atoms with Gasteiger partial charge in [-0.3, -0.25) is 0 Å². The summed E-state index contributed by atoms with van der Waals surface area (Å²) >= 11 is 0. The van der Waals surface area contributed by atoms with Gasteiger partial charge in [-0.05, 0) is 23.1 Å². The monoisotopic (exact) mass is 213 g/mol. The van der Waals surface area contributed by atoms with E-state index in [2.05, 4.69) is 63.6 Å². The van der Waals surface area contributed by atoms with Gasteiger partial charge in [0, 0.05) is 23.6 Å². The summed E-state index contributed by atoms with van der Waals surface area (Å²) in [5, 5.41) is 1.41. The minimum Gasteiger partial charge on any atom is -0.348 e. The number of aryl methyl sites for hydroxylation is 1. The van der Waals surface area contributed by atoms with E-state index in [0.717, 1.165) is 6.54 Å². The van der Waals surface area contributed by atoms with Crippen LogP contribution in [0, 0.1) is 0 Å². The predicted octanol–water partition coefficient (Wildman–Crippen LogP) is 2.99. The highest BCUT2D eigenvalue weighted by molar-refractivity contribution is 6.08. The lowest BCUT2D eigenvalue weighted by Gasteiger charge is -2.20. The van der Waals surface area contributed by atoms with Crippen molar-refractivity contribution in [2.24, 2.45) is 0 Å². The molecular formula is C14H20BN. The Morgan fingerprint density at radius 2 is 1.94 bits per heavy atom. The van der Waals surface area contributed by atoms with Gasteiger partial charge in [0.05, 0.1) is 0 Å². The van der Waals surface area contributed by atoms with Crippen molar-refractivity contribution in [2.45, 2.75) is 39.1 Å². The van der Waals surface area contributed by atoms with Crippen LogP contribution in [0.3, 0.4) is 0 Å². The molecule has 0 saturated heterocycles. The third-order valence-electron chi connectivity index (χ3n) is 3.09. The van der Waals surface area contributed by atoms with E-state index in [-0.39, 0.29) is 5.41 Å². The topological polar surface area (TPSA) is 4.93 Å². The first kappa shape index (κ1) is 11.3. The van der Waals surface area contributed by atoms with E-state index in [9.17, 15) is 0 Å². The second-order valence-electron chi connectivity index (χ2n) is 5.50. The molecule has 0 aliphatic heterocycles. The Balaban J connectivity index is 2.62. The summed E-state index contributed by atoms with van der Waals surface area (Å²) in [6, 6.07) is 8.90. The summed E-state index contributed by atoms with van der Waals surface area (Å²) in [5.41, 5.74) is 3.03. The van der Waals surface area contributed by atoms with Crippen molar-refractivity contribution in [1.82, 2.24) is 4.57 Å². The number of hydrogen-bond acceptors (Lipinski definition) is 0. The van der Waals surface area contributed by atoms with E-state index in [1.807, 2.05) is 0 Å². The van der Waals surface area contributed by atoms with Crippen molar-refractivity contribution in [3.63, 3.8) is 0 Å². The second-order valence-corrected chi connectivity index (χ2v) is 5.50. The molecule has 0 radical (unpaired) electrons. The molecule has 1 aromatic carbocycles. The maximum atomic E-state index is 2.35. The Kier molecular flexibility index (Phi) is 2.83. The van der Waals surface area contributed by atoms with Crippen LogP contribution in [0.2, 0.25) is 6.32 Å². The Hall–Kier alpha value is -1.18. The minimum atomic E-state index is 0.220. The van der Waals surface area contributed by atoms with Gasteiger partial charge in [0.15, 0.2) is 0 Å². The van der Waals surface area contributed by atoms with Crippen LogP contribution in [-0.4, -0.2) is 12.4 Å². The largest absolute Gasteiger partial charge is 0.348 e. The fraction of sp³-hybridized carbons (Fsp3) is 0.429. The maximum absolute atomic E-state index is 2.35. The average molecular weight is 213 g/mol. The number of rotatable bonds is 2. The standard InChI is InChI=1S/C14H20BN/c1-14(2,3)12-5-4-6-13-11(12)7-9-16(13)10-8-15/h4-7,9H,8,10,15H2,1-3H3. The Morgan fingerprint density at radius 1 is 1.19 bits per heavy atom. The Morgan fingerprint density at radius 3 is 2.56 bits per heavy atom. The van der Waals surface area contributed by atoms with Crippen LogP contribution in [0.15, 0.2) is 30.5 Å². The SMILES string of the molecule is BCCn1ccc2c(C(C)(C)C)cccc21. The molecule has 2 rings (SSSR count). The lowest BCUT2D eigenvalue weighted by molar-refractivity contribution is 0.596. The summed E-state index contributed by atoms with van der Waals surface area (Å²) < 4.78 is 2.35. The third-order valence-corrected chi connectivity index (χ3v) is 3.09. The number of hydrogen-bond donors (Lipinski definition) is 0. The van der Waals surface area contributed by atoms with Crippen LogP contribution in [0.1, 0.15) is 26.3 Å². The van der Waals surface area contributed by atoms with Crippen molar-refractivity contribution in [3.05, 3.63) is 36.0 Å². The molecule has 2 heteroatoms. The van der Waals surface area contributed by atoms with Gasteiger partial charge in [-0.25, -0.2) is 0 Å². The first-order valence-electron chi connectivity index (χ1n) is 6.12. The summed E-state index contributed by atoms with van der Waals surface area (Å²) in [6.45, 7) is 7.94. The van der Waals surface area contributed by atoms with E-state index >= 15 is 0 Å². The molecule has 0 N–H and O–H groups in total. The number of aromatic nitrogens is 1. The zero-order valence-electron chi connectivity index (χ0n) is 10.7. The molecule has 0 aliphatic rings. The van der Waals surface area contributed by atoms with Gasteiger partial charge >= 0.3 is 0 Å². The van der Waals surface area contributed by atoms with Crippen LogP contribution in [0.4, 0.5) is 0 Å². The average Bonchev–Trinajstić information content (AvgIpc) is 2.61. The van der Waals surface area contributed by atoms with Gasteiger partial charge in [0.1, 0.15) is 7.85 Å².